The minimum atomic E-state index is -0.293. The first kappa shape index (κ1) is 19.4. The lowest BCUT2D eigenvalue weighted by atomic mass is 9.88. The molecule has 2 fully saturated rings. The third-order valence-corrected chi connectivity index (χ3v) is 5.04. The molecule has 2 aromatic rings. The van der Waals surface area contributed by atoms with Crippen molar-refractivity contribution < 1.29 is 18.8 Å². The minimum Gasteiger partial charge on any atom is -0.378 e. The van der Waals surface area contributed by atoms with Crippen LogP contribution >= 0.6 is 0 Å². The smallest absolute Gasteiger partial charge is 0.246 e. The van der Waals surface area contributed by atoms with Crippen molar-refractivity contribution >= 4 is 11.8 Å². The highest BCUT2D eigenvalue weighted by atomic mass is 16.5. The Balaban J connectivity index is 1.29. The molecule has 11 heteroatoms. The maximum Gasteiger partial charge on any atom is 0.246 e. The van der Waals surface area contributed by atoms with Gasteiger partial charge in [0, 0.05) is 38.6 Å². The SMILES string of the molecule is O=C(NCc1nc(-c2ncccn2)no1)[C@H]1CNC[C@H](C(=O)N2CCOCC2)C1. The predicted molar refractivity (Wildman–Crippen MR) is 99.0 cm³/mol. The van der Waals surface area contributed by atoms with Crippen molar-refractivity contribution in [1.29, 1.82) is 0 Å². The third-order valence-electron chi connectivity index (χ3n) is 5.04. The van der Waals surface area contributed by atoms with Gasteiger partial charge in [-0.15, -0.1) is 0 Å². The first-order valence-electron chi connectivity index (χ1n) is 9.65. The maximum atomic E-state index is 12.7. The number of hydrogen-bond donors (Lipinski definition) is 2. The molecule has 154 valence electrons. The van der Waals surface area contributed by atoms with Crippen LogP contribution in [0, 0.1) is 11.8 Å². The van der Waals surface area contributed by atoms with Crippen LogP contribution < -0.4 is 10.6 Å². The van der Waals surface area contributed by atoms with Gasteiger partial charge in [-0.25, -0.2) is 9.97 Å². The zero-order chi connectivity index (χ0) is 20.1. The van der Waals surface area contributed by atoms with Crippen molar-refractivity contribution in [1.82, 2.24) is 35.6 Å². The van der Waals surface area contributed by atoms with Gasteiger partial charge in [0.25, 0.3) is 0 Å². The van der Waals surface area contributed by atoms with Crippen molar-refractivity contribution in [3.8, 4) is 11.6 Å². The van der Waals surface area contributed by atoms with Gasteiger partial charge in [-0.2, -0.15) is 4.98 Å². The summed E-state index contributed by atoms with van der Waals surface area (Å²) in [6.45, 7) is 3.58. The van der Waals surface area contributed by atoms with Gasteiger partial charge in [0.1, 0.15) is 0 Å². The lowest BCUT2D eigenvalue weighted by molar-refractivity contribution is -0.141. The molecule has 2 saturated heterocycles. The molecule has 2 aliphatic rings. The van der Waals surface area contributed by atoms with Crippen LogP contribution in [-0.4, -0.2) is 76.2 Å². The third kappa shape index (κ3) is 4.74. The van der Waals surface area contributed by atoms with E-state index >= 15 is 0 Å². The van der Waals surface area contributed by atoms with Gasteiger partial charge in [-0.3, -0.25) is 9.59 Å². The number of morpholine rings is 1. The summed E-state index contributed by atoms with van der Waals surface area (Å²) >= 11 is 0. The second-order valence-corrected chi connectivity index (χ2v) is 7.03. The van der Waals surface area contributed by atoms with E-state index in [1.807, 2.05) is 4.90 Å². The summed E-state index contributed by atoms with van der Waals surface area (Å²) in [4.78, 5) is 39.4. The Hall–Kier alpha value is -2.92. The summed E-state index contributed by atoms with van der Waals surface area (Å²) in [5, 5.41) is 9.84. The van der Waals surface area contributed by atoms with Crippen LogP contribution in [0.3, 0.4) is 0 Å². The van der Waals surface area contributed by atoms with Crippen molar-refractivity contribution in [3.63, 3.8) is 0 Å². The Morgan fingerprint density at radius 2 is 1.90 bits per heavy atom. The Morgan fingerprint density at radius 1 is 1.14 bits per heavy atom. The van der Waals surface area contributed by atoms with Gasteiger partial charge in [-0.1, -0.05) is 5.16 Å². The van der Waals surface area contributed by atoms with E-state index in [0.717, 1.165) is 0 Å². The number of aromatic nitrogens is 4. The van der Waals surface area contributed by atoms with E-state index in [2.05, 4.69) is 30.7 Å². The Kier molecular flexibility index (Phi) is 6.06. The van der Waals surface area contributed by atoms with Crippen LogP contribution in [0.25, 0.3) is 11.6 Å². The van der Waals surface area contributed by atoms with Gasteiger partial charge in [0.05, 0.1) is 31.6 Å². The summed E-state index contributed by atoms with van der Waals surface area (Å²) in [5.41, 5.74) is 0. The molecule has 4 rings (SSSR count). The second kappa shape index (κ2) is 9.05. The van der Waals surface area contributed by atoms with E-state index in [4.69, 9.17) is 9.26 Å². The van der Waals surface area contributed by atoms with Crippen LogP contribution in [0.5, 0.6) is 0 Å². The summed E-state index contributed by atoms with van der Waals surface area (Å²) in [6.07, 6.45) is 3.69. The number of carbonyl (C=O) groups excluding carboxylic acids is 2. The summed E-state index contributed by atoms with van der Waals surface area (Å²) < 4.78 is 10.5. The zero-order valence-corrected chi connectivity index (χ0v) is 15.9. The van der Waals surface area contributed by atoms with E-state index in [1.54, 1.807) is 18.5 Å². The molecule has 0 aliphatic carbocycles. The second-order valence-electron chi connectivity index (χ2n) is 7.03. The molecule has 4 heterocycles. The maximum absolute atomic E-state index is 12.7. The number of piperidine rings is 1. The number of ether oxygens (including phenoxy) is 1. The average Bonchev–Trinajstić information content (AvgIpc) is 3.27. The Labute approximate surface area is 167 Å². The zero-order valence-electron chi connectivity index (χ0n) is 15.9. The molecular formula is C18H23N7O4. The summed E-state index contributed by atoms with van der Waals surface area (Å²) in [5.74, 6) is 0.336. The summed E-state index contributed by atoms with van der Waals surface area (Å²) in [7, 11) is 0. The molecule has 2 atom stereocenters. The highest BCUT2D eigenvalue weighted by Gasteiger charge is 2.33. The van der Waals surface area contributed by atoms with Crippen LogP contribution in [0.1, 0.15) is 12.3 Å². The number of amides is 2. The van der Waals surface area contributed by atoms with Crippen molar-refractivity contribution in [2.24, 2.45) is 11.8 Å². The quantitative estimate of drug-likeness (QED) is 0.662. The van der Waals surface area contributed by atoms with Crippen molar-refractivity contribution in [2.45, 2.75) is 13.0 Å². The summed E-state index contributed by atoms with van der Waals surface area (Å²) in [6, 6.07) is 1.69. The highest BCUT2D eigenvalue weighted by molar-refractivity contribution is 5.83. The van der Waals surface area contributed by atoms with Crippen molar-refractivity contribution in [2.75, 3.05) is 39.4 Å². The van der Waals surface area contributed by atoms with E-state index < -0.39 is 0 Å². The molecule has 2 aliphatic heterocycles. The van der Waals surface area contributed by atoms with Crippen LogP contribution in [0.4, 0.5) is 0 Å². The van der Waals surface area contributed by atoms with Gasteiger partial charge >= 0.3 is 0 Å². The molecule has 0 aromatic carbocycles. The first-order valence-corrected chi connectivity index (χ1v) is 9.65. The number of nitrogens with zero attached hydrogens (tertiary/aromatic N) is 5. The van der Waals surface area contributed by atoms with E-state index in [-0.39, 0.29) is 41.9 Å². The molecular weight excluding hydrogens is 378 g/mol. The Morgan fingerprint density at radius 3 is 2.69 bits per heavy atom. The number of hydrogen-bond acceptors (Lipinski definition) is 9. The fourth-order valence-electron chi connectivity index (χ4n) is 3.51. The largest absolute Gasteiger partial charge is 0.378 e. The average molecular weight is 401 g/mol. The van der Waals surface area contributed by atoms with Gasteiger partial charge in [-0.05, 0) is 12.5 Å². The molecule has 0 bridgehead atoms. The van der Waals surface area contributed by atoms with Crippen molar-refractivity contribution in [3.05, 3.63) is 24.4 Å². The van der Waals surface area contributed by atoms with E-state index in [9.17, 15) is 9.59 Å². The molecule has 29 heavy (non-hydrogen) atoms. The standard InChI is InChI=1S/C18H23N7O4/c26-17(22-11-14-23-16(24-29-14)15-20-2-1-3-21-15)12-8-13(10-19-9-12)18(27)25-4-6-28-7-5-25/h1-3,12-13,19H,4-11H2,(H,22,26)/t12-,13-/m1/s1. The minimum absolute atomic E-state index is 0.0858. The van der Waals surface area contributed by atoms with E-state index in [0.29, 0.717) is 51.6 Å². The van der Waals surface area contributed by atoms with Gasteiger partial charge in [0.15, 0.2) is 0 Å². The molecule has 2 aromatic heterocycles. The first-order chi connectivity index (χ1) is 14.2. The van der Waals surface area contributed by atoms with Crippen LogP contribution in [0.2, 0.25) is 0 Å². The Bertz CT molecular complexity index is 838. The number of nitrogens with one attached hydrogen (secondary N) is 2. The molecule has 11 nitrogen and oxygen atoms in total. The van der Waals surface area contributed by atoms with Gasteiger partial charge in [0.2, 0.25) is 29.4 Å². The molecule has 2 N–H and O–H groups in total. The normalized spacial score (nSPS) is 22.3. The molecule has 0 radical (unpaired) electrons. The van der Waals surface area contributed by atoms with Gasteiger partial charge < -0.3 is 24.8 Å². The number of rotatable bonds is 5. The highest BCUT2D eigenvalue weighted by Crippen LogP contribution is 2.20. The van der Waals surface area contributed by atoms with Crippen LogP contribution in [-0.2, 0) is 20.9 Å². The monoisotopic (exact) mass is 401 g/mol. The molecule has 0 unspecified atom stereocenters. The lowest BCUT2D eigenvalue weighted by Gasteiger charge is -2.34. The topological polar surface area (TPSA) is 135 Å². The lowest BCUT2D eigenvalue weighted by Crippen LogP contribution is -2.51. The number of carbonyl (C=O) groups is 2. The molecule has 0 saturated carbocycles. The fraction of sp³-hybridized carbons (Fsp3) is 0.556. The van der Waals surface area contributed by atoms with E-state index in [1.165, 1.54) is 0 Å². The molecule has 2 amide bonds. The van der Waals surface area contributed by atoms with Crippen LogP contribution in [0.15, 0.2) is 23.0 Å². The predicted octanol–water partition coefficient (Wildman–Crippen LogP) is -0.773. The fourth-order valence-corrected chi connectivity index (χ4v) is 3.51. The molecule has 0 spiro atoms.